The standard InChI is InChI=1S/C22H23N3O4S/c1-16-6-7-18(13-17(16)2)25-30(27,28)21-10-8-20(9-11-21)29-15-22(26)24-14-19-5-3-4-12-23-19/h3-13,25H,14-15H2,1-2H3,(H,24,26). The maximum atomic E-state index is 12.6. The molecular weight excluding hydrogens is 402 g/mol. The van der Waals surface area contributed by atoms with E-state index in [4.69, 9.17) is 4.74 Å². The molecule has 0 unspecified atom stereocenters. The molecule has 2 aromatic carbocycles. The highest BCUT2D eigenvalue weighted by atomic mass is 32.2. The first kappa shape index (κ1) is 21.3. The molecule has 8 heteroatoms. The van der Waals surface area contributed by atoms with Gasteiger partial charge in [0.1, 0.15) is 5.75 Å². The van der Waals surface area contributed by atoms with E-state index in [1.165, 1.54) is 24.3 Å². The van der Waals surface area contributed by atoms with E-state index in [9.17, 15) is 13.2 Å². The van der Waals surface area contributed by atoms with Gasteiger partial charge in [0.2, 0.25) is 0 Å². The van der Waals surface area contributed by atoms with Gasteiger partial charge in [-0.3, -0.25) is 14.5 Å². The normalized spacial score (nSPS) is 11.0. The summed E-state index contributed by atoms with van der Waals surface area (Å²) in [5.41, 5.74) is 3.34. The Balaban J connectivity index is 1.54. The summed E-state index contributed by atoms with van der Waals surface area (Å²) < 4.78 is 33.1. The number of carbonyl (C=O) groups is 1. The number of hydrogen-bond donors (Lipinski definition) is 2. The molecule has 0 spiro atoms. The van der Waals surface area contributed by atoms with Gasteiger partial charge in [0, 0.05) is 11.9 Å². The van der Waals surface area contributed by atoms with Crippen molar-refractivity contribution in [1.82, 2.24) is 10.3 Å². The quantitative estimate of drug-likeness (QED) is 0.578. The van der Waals surface area contributed by atoms with E-state index in [0.29, 0.717) is 18.0 Å². The minimum absolute atomic E-state index is 0.104. The van der Waals surface area contributed by atoms with Crippen molar-refractivity contribution < 1.29 is 17.9 Å². The Kier molecular flexibility index (Phi) is 6.68. The van der Waals surface area contributed by atoms with E-state index >= 15 is 0 Å². The molecule has 1 amide bonds. The lowest BCUT2D eigenvalue weighted by molar-refractivity contribution is -0.123. The summed E-state index contributed by atoms with van der Waals surface area (Å²) in [5, 5.41) is 2.71. The summed E-state index contributed by atoms with van der Waals surface area (Å²) in [6.45, 7) is 4.02. The van der Waals surface area contributed by atoms with Crippen molar-refractivity contribution in [2.45, 2.75) is 25.3 Å². The average Bonchev–Trinajstić information content (AvgIpc) is 2.74. The maximum Gasteiger partial charge on any atom is 0.261 e. The molecule has 0 saturated carbocycles. The van der Waals surface area contributed by atoms with Crippen LogP contribution in [-0.4, -0.2) is 25.9 Å². The molecule has 2 N–H and O–H groups in total. The molecule has 0 aliphatic carbocycles. The number of carbonyl (C=O) groups excluding carboxylic acids is 1. The molecule has 0 bridgehead atoms. The first-order valence-electron chi connectivity index (χ1n) is 9.33. The van der Waals surface area contributed by atoms with Crippen molar-refractivity contribution in [2.75, 3.05) is 11.3 Å². The van der Waals surface area contributed by atoms with Crippen molar-refractivity contribution in [1.29, 1.82) is 0 Å². The molecular formula is C22H23N3O4S. The number of rotatable bonds is 8. The van der Waals surface area contributed by atoms with Crippen LogP contribution in [0, 0.1) is 13.8 Å². The second-order valence-electron chi connectivity index (χ2n) is 6.76. The molecule has 1 heterocycles. The number of sulfonamides is 1. The fourth-order valence-electron chi connectivity index (χ4n) is 2.63. The van der Waals surface area contributed by atoms with Crippen LogP contribution in [0.25, 0.3) is 0 Å². The lowest BCUT2D eigenvalue weighted by Crippen LogP contribution is -2.28. The summed E-state index contributed by atoms with van der Waals surface area (Å²) in [6, 6.07) is 16.7. The number of pyridine rings is 1. The Bertz CT molecular complexity index is 1110. The zero-order chi connectivity index (χ0) is 21.6. The molecule has 0 radical (unpaired) electrons. The Morgan fingerprint density at radius 1 is 1.00 bits per heavy atom. The van der Waals surface area contributed by atoms with Gasteiger partial charge in [-0.05, 0) is 73.5 Å². The van der Waals surface area contributed by atoms with Crippen LogP contribution < -0.4 is 14.8 Å². The summed E-state index contributed by atoms with van der Waals surface area (Å²) in [4.78, 5) is 16.1. The van der Waals surface area contributed by atoms with E-state index in [0.717, 1.165) is 16.8 Å². The van der Waals surface area contributed by atoms with Gasteiger partial charge in [-0.15, -0.1) is 0 Å². The fourth-order valence-corrected chi connectivity index (χ4v) is 3.68. The minimum Gasteiger partial charge on any atom is -0.484 e. The van der Waals surface area contributed by atoms with E-state index in [1.54, 1.807) is 24.4 Å². The van der Waals surface area contributed by atoms with Crippen LogP contribution in [0.4, 0.5) is 5.69 Å². The number of anilines is 1. The van der Waals surface area contributed by atoms with Crippen molar-refractivity contribution >= 4 is 21.6 Å². The average molecular weight is 426 g/mol. The molecule has 0 aliphatic heterocycles. The molecule has 3 aromatic rings. The zero-order valence-electron chi connectivity index (χ0n) is 16.8. The first-order valence-corrected chi connectivity index (χ1v) is 10.8. The molecule has 30 heavy (non-hydrogen) atoms. The number of nitrogens with zero attached hydrogens (tertiary/aromatic N) is 1. The van der Waals surface area contributed by atoms with Crippen LogP contribution >= 0.6 is 0 Å². The van der Waals surface area contributed by atoms with Crippen LogP contribution in [0.1, 0.15) is 16.8 Å². The molecule has 7 nitrogen and oxygen atoms in total. The molecule has 0 aliphatic rings. The third-order valence-electron chi connectivity index (χ3n) is 4.46. The van der Waals surface area contributed by atoms with Crippen molar-refractivity contribution in [2.24, 2.45) is 0 Å². The Morgan fingerprint density at radius 3 is 2.43 bits per heavy atom. The van der Waals surface area contributed by atoms with E-state index in [1.807, 2.05) is 32.0 Å². The zero-order valence-corrected chi connectivity index (χ0v) is 17.6. The molecule has 0 saturated heterocycles. The summed E-state index contributed by atoms with van der Waals surface area (Å²) in [5.74, 6) is 0.0990. The number of ether oxygens (including phenoxy) is 1. The van der Waals surface area contributed by atoms with Crippen LogP contribution in [0.15, 0.2) is 71.8 Å². The number of aromatic nitrogens is 1. The smallest absolute Gasteiger partial charge is 0.261 e. The van der Waals surface area contributed by atoms with Gasteiger partial charge in [0.15, 0.2) is 6.61 Å². The molecule has 3 rings (SSSR count). The van der Waals surface area contributed by atoms with Crippen LogP contribution in [0.3, 0.4) is 0 Å². The SMILES string of the molecule is Cc1ccc(NS(=O)(=O)c2ccc(OCC(=O)NCc3ccccn3)cc2)cc1C. The van der Waals surface area contributed by atoms with Gasteiger partial charge in [-0.2, -0.15) is 0 Å². The second-order valence-corrected chi connectivity index (χ2v) is 8.44. The maximum absolute atomic E-state index is 12.6. The third-order valence-corrected chi connectivity index (χ3v) is 5.85. The van der Waals surface area contributed by atoms with E-state index < -0.39 is 10.0 Å². The van der Waals surface area contributed by atoms with Gasteiger partial charge in [-0.1, -0.05) is 12.1 Å². The van der Waals surface area contributed by atoms with Crippen LogP contribution in [0.2, 0.25) is 0 Å². The Labute approximate surface area is 176 Å². The largest absolute Gasteiger partial charge is 0.484 e. The van der Waals surface area contributed by atoms with Gasteiger partial charge in [-0.25, -0.2) is 8.42 Å². The third kappa shape index (κ3) is 5.81. The number of benzene rings is 2. The van der Waals surface area contributed by atoms with Crippen LogP contribution in [-0.2, 0) is 21.4 Å². The molecule has 0 atom stereocenters. The highest BCUT2D eigenvalue weighted by molar-refractivity contribution is 7.92. The highest BCUT2D eigenvalue weighted by Crippen LogP contribution is 2.21. The Hall–Kier alpha value is -3.39. The summed E-state index contributed by atoms with van der Waals surface area (Å²) >= 11 is 0. The fraction of sp³-hybridized carbons (Fsp3) is 0.182. The van der Waals surface area contributed by atoms with Crippen molar-refractivity contribution in [3.8, 4) is 5.75 Å². The number of hydrogen-bond acceptors (Lipinski definition) is 5. The van der Waals surface area contributed by atoms with Gasteiger partial charge >= 0.3 is 0 Å². The van der Waals surface area contributed by atoms with Gasteiger partial charge in [0.25, 0.3) is 15.9 Å². The summed E-state index contributed by atoms with van der Waals surface area (Å²) in [7, 11) is -3.72. The number of nitrogens with one attached hydrogen (secondary N) is 2. The monoisotopic (exact) mass is 425 g/mol. The number of aryl methyl sites for hydroxylation is 2. The summed E-state index contributed by atoms with van der Waals surface area (Å²) in [6.07, 6.45) is 1.66. The molecule has 0 fully saturated rings. The van der Waals surface area contributed by atoms with E-state index in [-0.39, 0.29) is 17.4 Å². The van der Waals surface area contributed by atoms with E-state index in [2.05, 4.69) is 15.0 Å². The lowest BCUT2D eigenvalue weighted by atomic mass is 10.1. The topological polar surface area (TPSA) is 97.4 Å². The van der Waals surface area contributed by atoms with Crippen molar-refractivity contribution in [3.05, 3.63) is 83.7 Å². The lowest BCUT2D eigenvalue weighted by Gasteiger charge is -2.11. The van der Waals surface area contributed by atoms with Gasteiger partial charge in [0.05, 0.1) is 17.1 Å². The highest BCUT2D eigenvalue weighted by Gasteiger charge is 2.15. The predicted molar refractivity (Wildman–Crippen MR) is 115 cm³/mol. The molecule has 156 valence electrons. The minimum atomic E-state index is -3.72. The number of amides is 1. The van der Waals surface area contributed by atoms with Gasteiger partial charge < -0.3 is 10.1 Å². The Morgan fingerprint density at radius 2 is 1.77 bits per heavy atom. The van der Waals surface area contributed by atoms with Crippen molar-refractivity contribution in [3.63, 3.8) is 0 Å². The second kappa shape index (κ2) is 9.41. The predicted octanol–water partition coefficient (Wildman–Crippen LogP) is 3.19. The molecule has 1 aromatic heterocycles. The van der Waals surface area contributed by atoms with Crippen LogP contribution in [0.5, 0.6) is 5.75 Å². The first-order chi connectivity index (χ1) is 14.3.